The molecule has 5 atom stereocenters. The van der Waals surface area contributed by atoms with Crippen LogP contribution in [-0.2, 0) is 0 Å². The van der Waals surface area contributed by atoms with Gasteiger partial charge in [0.15, 0.2) is 0 Å². The summed E-state index contributed by atoms with van der Waals surface area (Å²) in [6, 6.07) is 64.7. The molecule has 7 heteroatoms. The lowest BCUT2D eigenvalue weighted by molar-refractivity contribution is 0.409. The third kappa shape index (κ3) is 6.32. The van der Waals surface area contributed by atoms with E-state index in [-0.39, 0.29) is 30.6 Å². The molecule has 3 aliphatic rings. The molecule has 0 fully saturated rings. The number of fused-ring (bicyclic) bond motifs is 5. The molecule has 286 valence electrons. The standard InChI is InChI=1S/C52H43N7/c1-33(34-14-4-2-5-15-34)54-52-47-42-20-8-11-21-44(42)55-48(43(47)32-53-52)35-24-26-37(27-25-35)50-56-49(36-16-6-3-7-17-36)57-51(58-50)38-28-30-39(31-29-38)59-45-22-12-9-18-40(45)41-19-10-13-23-46(41)59/h2-33,48-49,51-52,54-55,57H,1H3,(H,56,58). The fourth-order valence-electron chi connectivity index (χ4n) is 9.06. The molecule has 4 N–H and O–H groups in total. The van der Waals surface area contributed by atoms with E-state index in [2.05, 4.69) is 221 Å². The van der Waals surface area contributed by atoms with Crippen molar-refractivity contribution in [2.45, 2.75) is 37.5 Å². The summed E-state index contributed by atoms with van der Waals surface area (Å²) < 4.78 is 2.36. The monoisotopic (exact) mass is 765 g/mol. The number of aromatic nitrogens is 1. The Hall–Kier alpha value is -7.06. The van der Waals surface area contributed by atoms with Crippen molar-refractivity contribution in [2.75, 3.05) is 5.32 Å². The van der Waals surface area contributed by atoms with Crippen LogP contribution in [0.25, 0.3) is 33.1 Å². The van der Waals surface area contributed by atoms with Crippen LogP contribution in [-0.4, -0.2) is 22.8 Å². The lowest BCUT2D eigenvalue weighted by Gasteiger charge is -2.33. The first-order valence-corrected chi connectivity index (χ1v) is 20.4. The van der Waals surface area contributed by atoms with Gasteiger partial charge in [-0.15, -0.1) is 0 Å². The Morgan fingerprint density at radius 1 is 0.593 bits per heavy atom. The van der Waals surface area contributed by atoms with E-state index in [1.54, 1.807) is 0 Å². The topological polar surface area (TPSA) is 77.8 Å². The molecule has 0 saturated carbocycles. The van der Waals surface area contributed by atoms with E-state index in [0.29, 0.717) is 0 Å². The first kappa shape index (κ1) is 35.1. The number of para-hydroxylation sites is 3. The largest absolute Gasteiger partial charge is 0.374 e. The van der Waals surface area contributed by atoms with Crippen LogP contribution < -0.4 is 21.3 Å². The molecule has 0 spiro atoms. The van der Waals surface area contributed by atoms with Crippen molar-refractivity contribution in [1.82, 2.24) is 20.5 Å². The Morgan fingerprint density at radius 3 is 1.95 bits per heavy atom. The highest BCUT2D eigenvalue weighted by Crippen LogP contribution is 2.44. The smallest absolute Gasteiger partial charge is 0.131 e. The number of aliphatic imine (C=N–C) groups is 2. The SMILES string of the molecule is CC(NC1N=CC2=C1c1ccccc1NC2c1ccc(C2=NC(c3ccccc3)NC(c3ccc(-n4c5ccccc5c5ccccc54)cc3)N2)cc1)c1ccccc1. The van der Waals surface area contributed by atoms with Gasteiger partial charge in [-0.25, -0.2) is 4.99 Å². The van der Waals surface area contributed by atoms with Crippen molar-refractivity contribution in [3.8, 4) is 5.69 Å². The van der Waals surface area contributed by atoms with Crippen LogP contribution in [0.15, 0.2) is 198 Å². The van der Waals surface area contributed by atoms with Gasteiger partial charge in [0, 0.05) is 56.7 Å². The molecule has 59 heavy (non-hydrogen) atoms. The predicted molar refractivity (Wildman–Crippen MR) is 242 cm³/mol. The van der Waals surface area contributed by atoms with Crippen molar-refractivity contribution in [1.29, 1.82) is 0 Å². The van der Waals surface area contributed by atoms with Crippen molar-refractivity contribution in [2.24, 2.45) is 9.98 Å². The number of benzene rings is 7. The molecule has 7 nitrogen and oxygen atoms in total. The average molecular weight is 766 g/mol. The summed E-state index contributed by atoms with van der Waals surface area (Å²) in [7, 11) is 0. The van der Waals surface area contributed by atoms with Crippen molar-refractivity contribution >= 4 is 45.1 Å². The van der Waals surface area contributed by atoms with Crippen molar-refractivity contribution in [3.63, 3.8) is 0 Å². The predicted octanol–water partition coefficient (Wildman–Crippen LogP) is 10.8. The summed E-state index contributed by atoms with van der Waals surface area (Å²) in [6.45, 7) is 2.21. The maximum absolute atomic E-state index is 5.25. The Kier molecular flexibility index (Phi) is 8.76. The molecule has 0 radical (unpaired) electrons. The van der Waals surface area contributed by atoms with E-state index < -0.39 is 0 Å². The molecular weight excluding hydrogens is 723 g/mol. The number of amidine groups is 1. The number of nitrogens with zero attached hydrogens (tertiary/aromatic N) is 3. The second kappa shape index (κ2) is 14.7. The summed E-state index contributed by atoms with van der Waals surface area (Å²) in [5.74, 6) is 0.851. The fraction of sp³-hybridized carbons (Fsp3) is 0.115. The Labute approximate surface area is 343 Å². The minimum absolute atomic E-state index is 0.0441. The van der Waals surface area contributed by atoms with Gasteiger partial charge in [-0.2, -0.15) is 0 Å². The second-order valence-corrected chi connectivity index (χ2v) is 15.6. The van der Waals surface area contributed by atoms with Gasteiger partial charge in [-0.1, -0.05) is 152 Å². The van der Waals surface area contributed by atoms with Crippen LogP contribution in [0.3, 0.4) is 0 Å². The minimum atomic E-state index is -0.226. The van der Waals surface area contributed by atoms with Gasteiger partial charge >= 0.3 is 0 Å². The maximum atomic E-state index is 5.25. The van der Waals surface area contributed by atoms with E-state index in [4.69, 9.17) is 9.98 Å². The molecule has 0 aliphatic carbocycles. The quantitative estimate of drug-likeness (QED) is 0.124. The van der Waals surface area contributed by atoms with Gasteiger partial charge < -0.3 is 15.2 Å². The Balaban J connectivity index is 0.898. The Bertz CT molecular complexity index is 2860. The molecule has 0 amide bonds. The van der Waals surface area contributed by atoms with Crippen molar-refractivity contribution < 1.29 is 0 Å². The molecule has 1 aromatic heterocycles. The molecule has 0 saturated heterocycles. The van der Waals surface area contributed by atoms with Crippen LogP contribution in [0, 0.1) is 0 Å². The molecule has 5 unspecified atom stereocenters. The summed E-state index contributed by atoms with van der Waals surface area (Å²) in [5.41, 5.74) is 14.0. The minimum Gasteiger partial charge on any atom is -0.374 e. The van der Waals surface area contributed by atoms with E-state index in [1.807, 2.05) is 0 Å². The van der Waals surface area contributed by atoms with Gasteiger partial charge in [0.05, 0.1) is 17.1 Å². The first-order chi connectivity index (χ1) is 29.2. The second-order valence-electron chi connectivity index (χ2n) is 15.6. The van der Waals surface area contributed by atoms with Crippen LogP contribution >= 0.6 is 0 Å². The molecule has 4 heterocycles. The van der Waals surface area contributed by atoms with Crippen LogP contribution in [0.5, 0.6) is 0 Å². The third-order valence-electron chi connectivity index (χ3n) is 12.0. The van der Waals surface area contributed by atoms with Crippen LogP contribution in [0.4, 0.5) is 5.69 Å². The van der Waals surface area contributed by atoms with Gasteiger partial charge in [0.2, 0.25) is 0 Å². The average Bonchev–Trinajstić information content (AvgIpc) is 3.89. The highest BCUT2D eigenvalue weighted by Gasteiger charge is 2.35. The van der Waals surface area contributed by atoms with Crippen molar-refractivity contribution in [3.05, 3.63) is 221 Å². The number of rotatable bonds is 8. The zero-order valence-corrected chi connectivity index (χ0v) is 32.6. The highest BCUT2D eigenvalue weighted by atomic mass is 15.3. The van der Waals surface area contributed by atoms with E-state index in [0.717, 1.165) is 33.9 Å². The number of hydrogen-bond acceptors (Lipinski definition) is 6. The van der Waals surface area contributed by atoms with Gasteiger partial charge in [-0.3, -0.25) is 15.6 Å². The first-order valence-electron chi connectivity index (χ1n) is 20.4. The molecule has 3 aliphatic heterocycles. The lowest BCUT2D eigenvalue weighted by atomic mass is 9.86. The fourth-order valence-corrected chi connectivity index (χ4v) is 9.06. The molecule has 11 rings (SSSR count). The van der Waals surface area contributed by atoms with E-state index in [1.165, 1.54) is 49.6 Å². The zero-order valence-electron chi connectivity index (χ0n) is 32.6. The summed E-state index contributed by atoms with van der Waals surface area (Å²) >= 11 is 0. The van der Waals surface area contributed by atoms with Crippen LogP contribution in [0.1, 0.15) is 64.7 Å². The zero-order chi connectivity index (χ0) is 39.3. The number of anilines is 1. The Morgan fingerprint density at radius 2 is 1.22 bits per heavy atom. The molecule has 0 bridgehead atoms. The third-order valence-corrected chi connectivity index (χ3v) is 12.0. The normalized spacial score (nSPS) is 20.1. The van der Waals surface area contributed by atoms with Crippen LogP contribution in [0.2, 0.25) is 0 Å². The summed E-state index contributed by atoms with van der Waals surface area (Å²) in [4.78, 5) is 10.3. The molecule has 7 aromatic carbocycles. The highest BCUT2D eigenvalue weighted by molar-refractivity contribution is 6.09. The maximum Gasteiger partial charge on any atom is 0.131 e. The summed E-state index contributed by atoms with van der Waals surface area (Å²) in [5, 5.41) is 17.7. The molecule has 8 aromatic rings. The van der Waals surface area contributed by atoms with Gasteiger partial charge in [-0.05, 0) is 59.5 Å². The van der Waals surface area contributed by atoms with Gasteiger partial charge in [0.1, 0.15) is 24.3 Å². The number of hydrogen-bond donors (Lipinski definition) is 4. The lowest BCUT2D eigenvalue weighted by Crippen LogP contribution is -2.44. The van der Waals surface area contributed by atoms with E-state index >= 15 is 0 Å². The summed E-state index contributed by atoms with van der Waals surface area (Å²) in [6.07, 6.45) is 1.53. The van der Waals surface area contributed by atoms with Gasteiger partial charge in [0.25, 0.3) is 0 Å². The number of nitrogens with one attached hydrogen (secondary N) is 4. The molecular formula is C52H43N7. The van der Waals surface area contributed by atoms with E-state index in [9.17, 15) is 0 Å².